The maximum Gasteiger partial charge on any atom is 0.472 e. The van der Waals surface area contributed by atoms with Gasteiger partial charge in [-0.25, -0.2) is 9.13 Å². The second-order valence-corrected chi connectivity index (χ2v) is 29.9. The minimum atomic E-state index is -5.02. The molecule has 0 aromatic rings. The summed E-state index contributed by atoms with van der Waals surface area (Å²) in [6.45, 7) is 4.56. The van der Waals surface area contributed by atoms with E-state index in [0.717, 1.165) is 116 Å². The van der Waals surface area contributed by atoms with Crippen LogP contribution in [-0.4, -0.2) is 96.7 Å². The Morgan fingerprint density at radius 3 is 0.806 bits per heavy atom. The Morgan fingerprint density at radius 1 is 0.259 bits per heavy atom. The van der Waals surface area contributed by atoms with E-state index < -0.39 is 97.5 Å². The van der Waals surface area contributed by atoms with Crippen LogP contribution in [0.5, 0.6) is 0 Å². The van der Waals surface area contributed by atoms with Crippen LogP contribution in [-0.2, 0) is 65.4 Å². The summed E-state index contributed by atoms with van der Waals surface area (Å²) in [4.78, 5) is 73.1. The Balaban J connectivity index is 5.56. The van der Waals surface area contributed by atoms with Gasteiger partial charge in [-0.3, -0.25) is 37.3 Å². The van der Waals surface area contributed by atoms with E-state index in [-0.39, 0.29) is 25.7 Å². The zero-order chi connectivity index (χ0) is 78.9. The molecule has 108 heavy (non-hydrogen) atoms. The Kier molecular flexibility index (Phi) is 75.4. The second kappa shape index (κ2) is 79.5. The van der Waals surface area contributed by atoms with Crippen LogP contribution in [0.3, 0.4) is 0 Å². The third-order valence-electron chi connectivity index (χ3n) is 16.6. The molecule has 0 aromatic carbocycles. The highest BCUT2D eigenvalue weighted by Crippen LogP contribution is 2.45. The van der Waals surface area contributed by atoms with Crippen LogP contribution in [0.15, 0.2) is 170 Å². The van der Waals surface area contributed by atoms with Crippen LogP contribution in [0.4, 0.5) is 0 Å². The number of allylic oxidation sites excluding steroid dienone is 28. The van der Waals surface area contributed by atoms with Crippen LogP contribution in [0.25, 0.3) is 0 Å². The van der Waals surface area contributed by atoms with Crippen molar-refractivity contribution in [3.05, 3.63) is 170 Å². The number of aliphatic hydroxyl groups excluding tert-OH is 1. The zero-order valence-corrected chi connectivity index (χ0v) is 69.0. The summed E-state index contributed by atoms with van der Waals surface area (Å²) in [5.74, 6) is -2.42. The summed E-state index contributed by atoms with van der Waals surface area (Å²) in [7, 11) is -10.0. The number of rotatable bonds is 76. The normalized spacial score (nSPS) is 14.7. The Hall–Kier alpha value is -5.58. The lowest BCUT2D eigenvalue weighted by Crippen LogP contribution is -2.30. The zero-order valence-electron chi connectivity index (χ0n) is 67.2. The minimum Gasteiger partial charge on any atom is -0.462 e. The second-order valence-electron chi connectivity index (χ2n) is 27.0. The van der Waals surface area contributed by atoms with Gasteiger partial charge in [-0.15, -0.1) is 0 Å². The molecule has 0 rings (SSSR count). The molecule has 0 saturated heterocycles. The van der Waals surface area contributed by atoms with Crippen molar-refractivity contribution in [1.29, 1.82) is 0 Å². The molecule has 2 unspecified atom stereocenters. The molecular weight excluding hydrogens is 1400 g/mol. The highest BCUT2D eigenvalue weighted by Gasteiger charge is 2.30. The van der Waals surface area contributed by atoms with Crippen molar-refractivity contribution < 1.29 is 80.2 Å². The van der Waals surface area contributed by atoms with Crippen LogP contribution >= 0.6 is 15.6 Å². The molecule has 0 fully saturated rings. The number of aliphatic hydroxyl groups is 1. The fourth-order valence-corrected chi connectivity index (χ4v) is 11.9. The molecule has 0 aromatic heterocycles. The molecule has 0 saturated carbocycles. The maximum atomic E-state index is 13.1. The average molecular weight is 1550 g/mol. The number of phosphoric ester groups is 2. The largest absolute Gasteiger partial charge is 0.472 e. The van der Waals surface area contributed by atoms with Gasteiger partial charge >= 0.3 is 39.5 Å². The van der Waals surface area contributed by atoms with Gasteiger partial charge in [0.25, 0.3) is 0 Å². The lowest BCUT2D eigenvalue weighted by atomic mass is 10.1. The summed E-state index contributed by atoms with van der Waals surface area (Å²) < 4.78 is 68.5. The van der Waals surface area contributed by atoms with E-state index in [4.69, 9.17) is 37.0 Å². The van der Waals surface area contributed by atoms with Crippen molar-refractivity contribution in [2.45, 2.75) is 329 Å². The predicted molar refractivity (Wildman–Crippen MR) is 445 cm³/mol. The van der Waals surface area contributed by atoms with Gasteiger partial charge < -0.3 is 33.8 Å². The van der Waals surface area contributed by atoms with Gasteiger partial charge in [0.1, 0.15) is 19.3 Å². The van der Waals surface area contributed by atoms with Gasteiger partial charge in [-0.1, -0.05) is 288 Å². The lowest BCUT2D eigenvalue weighted by Gasteiger charge is -2.21. The average Bonchev–Trinajstić information content (AvgIpc) is 0.903. The van der Waals surface area contributed by atoms with Gasteiger partial charge in [0.15, 0.2) is 12.2 Å². The van der Waals surface area contributed by atoms with Crippen molar-refractivity contribution in [2.75, 3.05) is 39.6 Å². The fourth-order valence-electron chi connectivity index (χ4n) is 10.3. The summed E-state index contributed by atoms with van der Waals surface area (Å²) >= 11 is 0. The molecule has 17 nitrogen and oxygen atoms in total. The van der Waals surface area contributed by atoms with Gasteiger partial charge in [-0.05, 0) is 167 Å². The van der Waals surface area contributed by atoms with Crippen LogP contribution in [0.2, 0.25) is 0 Å². The van der Waals surface area contributed by atoms with E-state index in [0.29, 0.717) is 44.9 Å². The first-order valence-corrected chi connectivity index (χ1v) is 44.4. The van der Waals surface area contributed by atoms with Gasteiger partial charge in [0.05, 0.1) is 26.4 Å². The number of esters is 4. The quantitative estimate of drug-likeness (QED) is 0.0169. The Labute approximate surface area is 654 Å². The number of unbranched alkanes of at least 4 members (excludes halogenated alkanes) is 22. The highest BCUT2D eigenvalue weighted by molar-refractivity contribution is 7.47. The van der Waals surface area contributed by atoms with E-state index in [1.807, 2.05) is 42.5 Å². The lowest BCUT2D eigenvalue weighted by molar-refractivity contribution is -0.161. The molecule has 0 amide bonds. The first-order chi connectivity index (χ1) is 52.7. The van der Waals surface area contributed by atoms with E-state index in [1.165, 1.54) is 96.3 Å². The molecule has 3 N–H and O–H groups in total. The first kappa shape index (κ1) is 102. The monoisotopic (exact) mass is 1550 g/mol. The fraction of sp³-hybridized carbons (Fsp3) is 0.640. The third kappa shape index (κ3) is 78.5. The molecule has 0 radical (unpaired) electrons. The molecule has 0 aliphatic rings. The van der Waals surface area contributed by atoms with Crippen LogP contribution < -0.4 is 0 Å². The highest BCUT2D eigenvalue weighted by atomic mass is 31.2. The summed E-state index contributed by atoms with van der Waals surface area (Å²) in [5.41, 5.74) is 0. The molecule has 614 valence electrons. The molecule has 19 heteroatoms. The van der Waals surface area contributed by atoms with E-state index in [2.05, 4.69) is 155 Å². The Morgan fingerprint density at radius 2 is 0.481 bits per heavy atom. The number of phosphoric acid groups is 2. The van der Waals surface area contributed by atoms with Crippen LogP contribution in [0.1, 0.15) is 310 Å². The number of carbonyl (C=O) groups excluding carboxylic acids is 4. The van der Waals surface area contributed by atoms with Gasteiger partial charge in [0, 0.05) is 25.7 Å². The van der Waals surface area contributed by atoms with Gasteiger partial charge in [-0.2, -0.15) is 0 Å². The molecule has 0 heterocycles. The minimum absolute atomic E-state index is 0.00400. The topological polar surface area (TPSA) is 237 Å². The van der Waals surface area contributed by atoms with Gasteiger partial charge in [0.2, 0.25) is 0 Å². The molecular formula is C89H146O17P2. The molecule has 0 bridgehead atoms. The SMILES string of the molecule is CCCCC/C=C\C/C=C\C/C=C\C/C=C\C/C=C\CCC(=O)OC[C@H](COP(=O)(O)OC[C@@H](O)COP(=O)(O)OC[C@@H](COC(=O)CCCCCCC/C=C\CCCCCCCC)OC(=O)CCC/C=C\C/C=C\C/C=C\C/C=C\CCCCC)OC(=O)CCC/C=C\C/C=C\C/C=C\C/C=C\CCCCC. The van der Waals surface area contributed by atoms with Crippen molar-refractivity contribution >= 4 is 39.5 Å². The van der Waals surface area contributed by atoms with E-state index in [9.17, 15) is 43.2 Å². The maximum absolute atomic E-state index is 13.1. The molecule has 5 atom stereocenters. The third-order valence-corrected chi connectivity index (χ3v) is 18.5. The molecule has 0 aliphatic carbocycles. The molecule has 0 aliphatic heterocycles. The van der Waals surface area contributed by atoms with Crippen molar-refractivity contribution in [3.8, 4) is 0 Å². The van der Waals surface area contributed by atoms with Crippen molar-refractivity contribution in [3.63, 3.8) is 0 Å². The van der Waals surface area contributed by atoms with E-state index in [1.54, 1.807) is 0 Å². The molecule has 0 spiro atoms. The summed E-state index contributed by atoms with van der Waals surface area (Å²) in [6, 6.07) is 0. The Bertz CT molecular complexity index is 2710. The smallest absolute Gasteiger partial charge is 0.462 e. The van der Waals surface area contributed by atoms with Crippen molar-refractivity contribution in [1.82, 2.24) is 0 Å². The standard InChI is InChI=1S/C89H146O17P2/c1-5-9-13-17-21-25-29-33-37-40-41-44-46-50-54-58-62-66-70-74-87(92)100-80-85(106-89(94)76-72-68-64-60-56-52-48-43-39-35-31-27-23-19-15-11-7-3)82-104-108(97,98)102-78-83(90)77-101-107(95,96)103-81-84(79-99-86(91)73-69-65-61-57-53-49-45-36-32-28-24-20-16-12-8-4)105-88(93)75-71-67-63-59-55-51-47-42-38-34-30-26-22-18-14-10-6-2/h21-23,25-27,33-39,41,44-45,47-48,50-52,54,59-60,62-64,66,83-85,90H,5-20,24,28-32,40,42-43,46,49,53,55-58,61,65,67-82H2,1-4H3,(H,95,96)(H,97,98)/b25-21-,26-22-,27-23-,37-33-,38-34-,39-35-,44-41-,45-36-,51-47-,52-48-,54-50-,63-59-,64-60-,66-62-/t83-,84+,85+/m0/s1. The van der Waals surface area contributed by atoms with Crippen LogP contribution in [0, 0.1) is 0 Å². The first-order valence-electron chi connectivity index (χ1n) is 41.4. The predicted octanol–water partition coefficient (Wildman–Crippen LogP) is 24.6. The number of carbonyl (C=O) groups is 4. The number of hydrogen-bond acceptors (Lipinski definition) is 15. The summed E-state index contributed by atoms with van der Waals surface area (Å²) in [5, 5.41) is 10.7. The number of ether oxygens (including phenoxy) is 4. The van der Waals surface area contributed by atoms with Crippen molar-refractivity contribution in [2.24, 2.45) is 0 Å². The van der Waals surface area contributed by atoms with E-state index >= 15 is 0 Å². The number of hydrogen-bond donors (Lipinski definition) is 3. The summed E-state index contributed by atoms with van der Waals surface area (Å²) in [6.07, 6.45) is 95.0.